The quantitative estimate of drug-likeness (QED) is 0.420. The summed E-state index contributed by atoms with van der Waals surface area (Å²) in [7, 11) is 0. The van der Waals surface area contributed by atoms with E-state index in [1.807, 2.05) is 38.1 Å². The average molecular weight is 449 g/mol. The van der Waals surface area contributed by atoms with E-state index in [2.05, 4.69) is 31.0 Å². The molecule has 0 aliphatic heterocycles. The lowest BCUT2D eigenvalue weighted by Gasteiger charge is -2.09. The highest BCUT2D eigenvalue weighted by Crippen LogP contribution is 2.13. The molecule has 0 saturated carbocycles. The Morgan fingerprint density at radius 1 is 0.906 bits per heavy atom. The first-order valence-electron chi connectivity index (χ1n) is 10.8. The molecule has 2 rings (SSSR count). The number of nitrogens with one attached hydrogen (secondary N) is 2. The molecule has 0 unspecified atom stereocenters. The summed E-state index contributed by atoms with van der Waals surface area (Å²) in [4.78, 5) is 23.4. The molecule has 1 aromatic carbocycles. The van der Waals surface area contributed by atoms with Gasteiger partial charge in [0.25, 0.3) is 0 Å². The van der Waals surface area contributed by atoms with E-state index >= 15 is 0 Å². The predicted octanol–water partition coefficient (Wildman–Crippen LogP) is 1.94. The SMILES string of the molecule is Cc1nnc(-c2ccc(CNC(=O)CCOCCOCCNC(=O)CC(C)C)cc2)nn1.[HH].[HH]. The predicted molar refractivity (Wildman–Crippen MR) is 123 cm³/mol. The van der Waals surface area contributed by atoms with Gasteiger partial charge in [0.1, 0.15) is 0 Å². The molecule has 2 aromatic rings. The number of carbonyl (C=O) groups excluding carboxylic acids is 2. The summed E-state index contributed by atoms with van der Waals surface area (Å²) >= 11 is 0. The van der Waals surface area contributed by atoms with Gasteiger partial charge < -0.3 is 20.1 Å². The minimum absolute atomic E-state index is 0. The van der Waals surface area contributed by atoms with Crippen LogP contribution in [0.15, 0.2) is 24.3 Å². The third-order valence-corrected chi connectivity index (χ3v) is 4.29. The van der Waals surface area contributed by atoms with Crippen LogP contribution in [0.25, 0.3) is 11.4 Å². The Labute approximate surface area is 191 Å². The normalized spacial score (nSPS) is 10.9. The smallest absolute Gasteiger partial charge is 0.222 e. The van der Waals surface area contributed by atoms with Crippen LogP contribution in [0.3, 0.4) is 0 Å². The van der Waals surface area contributed by atoms with Gasteiger partial charge in [-0.2, -0.15) is 0 Å². The number of amides is 2. The molecular formula is C22H36N6O4. The van der Waals surface area contributed by atoms with E-state index < -0.39 is 0 Å². The average Bonchev–Trinajstić information content (AvgIpc) is 2.77. The minimum atomic E-state index is -0.0851. The highest BCUT2D eigenvalue weighted by atomic mass is 16.5. The molecule has 0 aliphatic carbocycles. The largest absolute Gasteiger partial charge is 0.379 e. The standard InChI is InChI=1S/C22H32N6O4.2H2/c1-16(2)14-21(30)23-9-11-32-13-12-31-10-8-20(29)24-15-18-4-6-19(7-5-18)22-27-25-17(3)26-28-22;;/h4-7,16H,8-15H2,1-3H3,(H,23,30)(H,24,29);2*1H. The molecule has 178 valence electrons. The molecule has 32 heavy (non-hydrogen) atoms. The van der Waals surface area contributed by atoms with Crippen molar-refractivity contribution < 1.29 is 21.9 Å². The maximum absolute atomic E-state index is 12.0. The second-order valence-electron chi connectivity index (χ2n) is 7.67. The van der Waals surface area contributed by atoms with Crippen LogP contribution in [0.5, 0.6) is 0 Å². The molecule has 2 amide bonds. The van der Waals surface area contributed by atoms with Crippen LogP contribution in [0.1, 0.15) is 40.9 Å². The zero-order valence-corrected chi connectivity index (χ0v) is 19.0. The third kappa shape index (κ3) is 10.4. The van der Waals surface area contributed by atoms with Crippen LogP contribution < -0.4 is 10.6 Å². The first-order valence-corrected chi connectivity index (χ1v) is 10.8. The van der Waals surface area contributed by atoms with Crippen molar-refractivity contribution in [3.05, 3.63) is 35.7 Å². The number of hydrogen-bond acceptors (Lipinski definition) is 8. The molecule has 2 N–H and O–H groups in total. The van der Waals surface area contributed by atoms with Gasteiger partial charge in [-0.3, -0.25) is 9.59 Å². The maximum atomic E-state index is 12.0. The number of ether oxygens (including phenoxy) is 2. The van der Waals surface area contributed by atoms with Crippen molar-refractivity contribution in [1.29, 1.82) is 0 Å². The van der Waals surface area contributed by atoms with Gasteiger partial charge in [-0.05, 0) is 18.4 Å². The Balaban J connectivity index is 0.00000544. The van der Waals surface area contributed by atoms with Crippen molar-refractivity contribution in [3.8, 4) is 11.4 Å². The molecule has 0 spiro atoms. The van der Waals surface area contributed by atoms with E-state index in [4.69, 9.17) is 9.47 Å². The summed E-state index contributed by atoms with van der Waals surface area (Å²) in [6.07, 6.45) is 0.798. The molecule has 0 saturated heterocycles. The highest BCUT2D eigenvalue weighted by Gasteiger charge is 2.05. The Kier molecular flexibility index (Phi) is 11.2. The van der Waals surface area contributed by atoms with Gasteiger partial charge in [0.15, 0.2) is 5.82 Å². The van der Waals surface area contributed by atoms with Gasteiger partial charge in [-0.1, -0.05) is 38.1 Å². The second-order valence-corrected chi connectivity index (χ2v) is 7.67. The zero-order valence-electron chi connectivity index (χ0n) is 19.0. The van der Waals surface area contributed by atoms with Crippen LogP contribution in [-0.4, -0.2) is 65.2 Å². The molecule has 1 aromatic heterocycles. The number of benzene rings is 1. The number of aromatic nitrogens is 4. The summed E-state index contributed by atoms with van der Waals surface area (Å²) in [5.74, 6) is 1.28. The highest BCUT2D eigenvalue weighted by molar-refractivity contribution is 5.76. The van der Waals surface area contributed by atoms with E-state index in [0.29, 0.717) is 63.5 Å². The first kappa shape index (κ1) is 25.3. The Bertz CT molecular complexity index is 838. The lowest BCUT2D eigenvalue weighted by Crippen LogP contribution is -2.28. The number of aryl methyl sites for hydroxylation is 1. The summed E-state index contributed by atoms with van der Waals surface area (Å²) in [5, 5.41) is 21.5. The van der Waals surface area contributed by atoms with Gasteiger partial charge >= 0.3 is 0 Å². The van der Waals surface area contributed by atoms with E-state index in [1.54, 1.807) is 6.92 Å². The van der Waals surface area contributed by atoms with Crippen molar-refractivity contribution in [2.75, 3.05) is 33.0 Å². The summed E-state index contributed by atoms with van der Waals surface area (Å²) in [6, 6.07) is 7.54. The Morgan fingerprint density at radius 3 is 2.22 bits per heavy atom. The van der Waals surface area contributed by atoms with Crippen LogP contribution in [0, 0.1) is 12.8 Å². The molecule has 0 radical (unpaired) electrons. The molecule has 1 heterocycles. The van der Waals surface area contributed by atoms with Gasteiger partial charge in [0.2, 0.25) is 17.6 Å². The molecule has 10 heteroatoms. The lowest BCUT2D eigenvalue weighted by molar-refractivity contribution is -0.122. The van der Waals surface area contributed by atoms with Crippen molar-refractivity contribution in [2.45, 2.75) is 40.2 Å². The van der Waals surface area contributed by atoms with Gasteiger partial charge in [0, 0.05) is 34.3 Å². The van der Waals surface area contributed by atoms with Crippen LogP contribution >= 0.6 is 0 Å². The van der Waals surface area contributed by atoms with Crippen molar-refractivity contribution in [2.24, 2.45) is 5.92 Å². The van der Waals surface area contributed by atoms with Gasteiger partial charge in [-0.25, -0.2) is 0 Å². The van der Waals surface area contributed by atoms with E-state index in [0.717, 1.165) is 11.1 Å². The lowest BCUT2D eigenvalue weighted by atomic mass is 10.1. The summed E-state index contributed by atoms with van der Waals surface area (Å²) < 4.78 is 10.8. The maximum Gasteiger partial charge on any atom is 0.222 e. The van der Waals surface area contributed by atoms with Crippen molar-refractivity contribution in [3.63, 3.8) is 0 Å². The van der Waals surface area contributed by atoms with Crippen LogP contribution in [0.2, 0.25) is 0 Å². The van der Waals surface area contributed by atoms with Gasteiger partial charge in [0.05, 0.1) is 26.4 Å². The number of carbonyl (C=O) groups is 2. The number of nitrogens with zero attached hydrogens (tertiary/aromatic N) is 4. The molecule has 0 bridgehead atoms. The molecular weight excluding hydrogens is 412 g/mol. The van der Waals surface area contributed by atoms with Crippen molar-refractivity contribution >= 4 is 11.8 Å². The van der Waals surface area contributed by atoms with E-state index in [1.165, 1.54) is 0 Å². The number of hydrogen-bond donors (Lipinski definition) is 2. The number of rotatable bonds is 14. The fourth-order valence-electron chi connectivity index (χ4n) is 2.65. The monoisotopic (exact) mass is 448 g/mol. The Morgan fingerprint density at radius 2 is 1.56 bits per heavy atom. The minimum Gasteiger partial charge on any atom is -0.379 e. The van der Waals surface area contributed by atoms with E-state index in [9.17, 15) is 9.59 Å². The molecule has 10 nitrogen and oxygen atoms in total. The van der Waals surface area contributed by atoms with E-state index in [-0.39, 0.29) is 21.1 Å². The Hall–Kier alpha value is -2.98. The molecule has 0 fully saturated rings. The van der Waals surface area contributed by atoms with Crippen LogP contribution in [0.4, 0.5) is 0 Å². The van der Waals surface area contributed by atoms with Gasteiger partial charge in [-0.15, -0.1) is 20.4 Å². The molecule has 0 atom stereocenters. The zero-order chi connectivity index (χ0) is 23.2. The second kappa shape index (κ2) is 14.2. The third-order valence-electron chi connectivity index (χ3n) is 4.29. The van der Waals surface area contributed by atoms with Crippen LogP contribution in [-0.2, 0) is 25.6 Å². The topological polar surface area (TPSA) is 128 Å². The molecule has 0 aliphatic rings. The fraction of sp³-hybridized carbons (Fsp3) is 0.545. The van der Waals surface area contributed by atoms with Crippen molar-refractivity contribution in [1.82, 2.24) is 31.0 Å². The summed E-state index contributed by atoms with van der Waals surface area (Å²) in [6.45, 7) is 8.24. The first-order chi connectivity index (χ1) is 15.4. The fourth-order valence-corrected chi connectivity index (χ4v) is 2.65. The summed E-state index contributed by atoms with van der Waals surface area (Å²) in [5.41, 5.74) is 1.78.